The average Bonchev–Trinajstić information content (AvgIpc) is 3.01. The zero-order chi connectivity index (χ0) is 20.5. The second-order valence-electron chi connectivity index (χ2n) is 6.47. The molecule has 0 saturated carbocycles. The number of hydrogen-bond acceptors (Lipinski definition) is 7. The molecule has 1 aliphatic rings. The van der Waals surface area contributed by atoms with Crippen molar-refractivity contribution in [3.8, 4) is 0 Å². The molecule has 1 aliphatic heterocycles. The molecule has 1 fully saturated rings. The number of sulfone groups is 1. The summed E-state index contributed by atoms with van der Waals surface area (Å²) in [5, 5.41) is 3.02. The van der Waals surface area contributed by atoms with Crippen molar-refractivity contribution in [3.63, 3.8) is 0 Å². The number of halogens is 3. The summed E-state index contributed by atoms with van der Waals surface area (Å²) in [6.07, 6.45) is -0.352. The minimum Gasteiger partial charge on any atom is -0.393 e. The minimum atomic E-state index is -3.77. The van der Waals surface area contributed by atoms with Gasteiger partial charge in [0.1, 0.15) is 5.69 Å². The van der Waals surface area contributed by atoms with Gasteiger partial charge >= 0.3 is 0 Å². The van der Waals surface area contributed by atoms with Crippen molar-refractivity contribution >= 4 is 38.8 Å². The molecule has 0 bridgehead atoms. The molecule has 2 aromatic rings. The zero-order valence-electron chi connectivity index (χ0n) is 15.1. The van der Waals surface area contributed by atoms with Gasteiger partial charge in [-0.25, -0.2) is 17.2 Å². The van der Waals surface area contributed by atoms with Gasteiger partial charge in [-0.2, -0.15) is 9.97 Å². The van der Waals surface area contributed by atoms with Gasteiger partial charge in [0.25, 0.3) is 11.1 Å². The second kappa shape index (κ2) is 7.67. The van der Waals surface area contributed by atoms with Crippen molar-refractivity contribution in [1.82, 2.24) is 9.97 Å². The SMILES string of the molecule is CCS(=O)(=O)c1nc(NCc2ccccc2Cl)c(N)c(N2CCC(F)(F)C2)n1. The van der Waals surface area contributed by atoms with Crippen LogP contribution in [0.15, 0.2) is 29.4 Å². The zero-order valence-corrected chi connectivity index (χ0v) is 16.7. The quantitative estimate of drug-likeness (QED) is 0.678. The largest absolute Gasteiger partial charge is 0.393 e. The van der Waals surface area contributed by atoms with E-state index < -0.39 is 27.5 Å². The van der Waals surface area contributed by atoms with Gasteiger partial charge in [0.2, 0.25) is 9.84 Å². The van der Waals surface area contributed by atoms with Gasteiger partial charge in [0.15, 0.2) is 11.6 Å². The summed E-state index contributed by atoms with van der Waals surface area (Å²) in [6, 6.07) is 7.09. The number of nitrogen functional groups attached to an aromatic ring is 1. The molecule has 1 aromatic carbocycles. The van der Waals surface area contributed by atoms with Crippen LogP contribution in [0.25, 0.3) is 0 Å². The van der Waals surface area contributed by atoms with E-state index in [4.69, 9.17) is 17.3 Å². The molecule has 0 aliphatic carbocycles. The number of alkyl halides is 2. The molecular formula is C17H20ClF2N5O2S. The molecule has 11 heteroatoms. The van der Waals surface area contributed by atoms with Crippen molar-refractivity contribution in [2.75, 3.05) is 34.8 Å². The van der Waals surface area contributed by atoms with Gasteiger partial charge < -0.3 is 16.0 Å². The van der Waals surface area contributed by atoms with Gasteiger partial charge in [-0.1, -0.05) is 36.7 Å². The van der Waals surface area contributed by atoms with E-state index in [1.54, 1.807) is 24.3 Å². The number of nitrogens with two attached hydrogens (primary N) is 1. The van der Waals surface area contributed by atoms with E-state index >= 15 is 0 Å². The lowest BCUT2D eigenvalue weighted by Gasteiger charge is -2.21. The van der Waals surface area contributed by atoms with E-state index in [0.717, 1.165) is 5.56 Å². The number of rotatable bonds is 6. The monoisotopic (exact) mass is 431 g/mol. The van der Waals surface area contributed by atoms with E-state index in [9.17, 15) is 17.2 Å². The molecule has 7 nitrogen and oxygen atoms in total. The summed E-state index contributed by atoms with van der Waals surface area (Å²) in [5.74, 6) is -3.06. The summed E-state index contributed by atoms with van der Waals surface area (Å²) in [4.78, 5) is 9.32. The second-order valence-corrected chi connectivity index (χ2v) is 9.05. The van der Waals surface area contributed by atoms with Crippen LogP contribution in [-0.2, 0) is 16.4 Å². The van der Waals surface area contributed by atoms with Crippen molar-refractivity contribution in [1.29, 1.82) is 0 Å². The highest BCUT2D eigenvalue weighted by Crippen LogP contribution is 2.36. The summed E-state index contributed by atoms with van der Waals surface area (Å²) >= 11 is 6.13. The molecule has 0 atom stereocenters. The van der Waals surface area contributed by atoms with Crippen molar-refractivity contribution < 1.29 is 17.2 Å². The third kappa shape index (κ3) is 4.27. The molecule has 0 unspecified atom stereocenters. The van der Waals surface area contributed by atoms with E-state index in [1.165, 1.54) is 11.8 Å². The summed E-state index contributed by atoms with van der Waals surface area (Å²) < 4.78 is 51.9. The summed E-state index contributed by atoms with van der Waals surface area (Å²) in [7, 11) is -3.77. The number of hydrogen-bond donors (Lipinski definition) is 2. The Morgan fingerprint density at radius 3 is 2.64 bits per heavy atom. The van der Waals surface area contributed by atoms with Crippen LogP contribution >= 0.6 is 11.6 Å². The van der Waals surface area contributed by atoms with Crippen molar-refractivity contribution in [2.45, 2.75) is 31.0 Å². The Labute approximate surface area is 166 Å². The Morgan fingerprint density at radius 1 is 1.32 bits per heavy atom. The molecular weight excluding hydrogens is 412 g/mol. The van der Waals surface area contributed by atoms with Crippen LogP contribution in [0.4, 0.5) is 26.1 Å². The summed E-state index contributed by atoms with van der Waals surface area (Å²) in [6.45, 7) is 1.12. The fourth-order valence-electron chi connectivity index (χ4n) is 2.82. The van der Waals surface area contributed by atoms with Gasteiger partial charge in [-0.15, -0.1) is 0 Å². The predicted molar refractivity (Wildman–Crippen MR) is 105 cm³/mol. The lowest BCUT2D eigenvalue weighted by Crippen LogP contribution is -2.28. The van der Waals surface area contributed by atoms with Crippen LogP contribution in [0.2, 0.25) is 5.02 Å². The lowest BCUT2D eigenvalue weighted by molar-refractivity contribution is 0.0257. The maximum atomic E-state index is 13.7. The predicted octanol–water partition coefficient (Wildman–Crippen LogP) is 2.96. The smallest absolute Gasteiger partial charge is 0.266 e. The molecule has 0 spiro atoms. The molecule has 2 heterocycles. The fraction of sp³-hybridized carbons (Fsp3) is 0.412. The van der Waals surface area contributed by atoms with Crippen molar-refractivity contribution in [2.24, 2.45) is 0 Å². The highest BCUT2D eigenvalue weighted by molar-refractivity contribution is 7.91. The maximum Gasteiger partial charge on any atom is 0.266 e. The third-order valence-corrected chi connectivity index (χ3v) is 6.30. The van der Waals surface area contributed by atoms with Gasteiger partial charge in [-0.05, 0) is 11.6 Å². The number of nitrogens with one attached hydrogen (secondary N) is 1. The maximum absolute atomic E-state index is 13.7. The molecule has 1 saturated heterocycles. The lowest BCUT2D eigenvalue weighted by atomic mass is 10.2. The molecule has 28 heavy (non-hydrogen) atoms. The Morgan fingerprint density at radius 2 is 2.04 bits per heavy atom. The van der Waals surface area contributed by atoms with Gasteiger partial charge in [0.05, 0.1) is 12.3 Å². The van der Waals surface area contributed by atoms with Gasteiger partial charge in [0, 0.05) is 24.5 Å². The number of benzene rings is 1. The Bertz CT molecular complexity index is 988. The third-order valence-electron chi connectivity index (χ3n) is 4.44. The molecule has 3 N–H and O–H groups in total. The molecule has 0 radical (unpaired) electrons. The fourth-order valence-corrected chi connectivity index (χ4v) is 3.74. The minimum absolute atomic E-state index is 0.0131. The first-order valence-electron chi connectivity index (χ1n) is 8.63. The van der Waals surface area contributed by atoms with Crippen LogP contribution < -0.4 is 16.0 Å². The first-order valence-corrected chi connectivity index (χ1v) is 10.7. The van der Waals surface area contributed by atoms with E-state index in [1.807, 2.05) is 0 Å². The highest BCUT2D eigenvalue weighted by atomic mass is 35.5. The first kappa shape index (κ1) is 20.5. The molecule has 1 aromatic heterocycles. The van der Waals surface area contributed by atoms with Crippen LogP contribution in [0, 0.1) is 0 Å². The van der Waals surface area contributed by atoms with E-state index in [-0.39, 0.29) is 42.6 Å². The Hall–Kier alpha value is -2.20. The number of aromatic nitrogens is 2. The van der Waals surface area contributed by atoms with E-state index in [0.29, 0.717) is 5.02 Å². The van der Waals surface area contributed by atoms with Crippen LogP contribution in [0.5, 0.6) is 0 Å². The van der Waals surface area contributed by atoms with Crippen LogP contribution in [0.3, 0.4) is 0 Å². The molecule has 0 amide bonds. The Kier molecular flexibility index (Phi) is 5.62. The van der Waals surface area contributed by atoms with Crippen molar-refractivity contribution in [3.05, 3.63) is 34.9 Å². The Balaban J connectivity index is 1.99. The molecule has 3 rings (SSSR count). The average molecular weight is 432 g/mol. The first-order chi connectivity index (χ1) is 13.1. The molecule has 152 valence electrons. The standard InChI is InChI=1S/C17H20ClF2N5O2S/c1-2-28(26,27)16-23-14(22-9-11-5-3-4-6-12(11)18)13(21)15(24-16)25-8-7-17(19,20)10-25/h3-6H,2,7-10,21H2,1H3,(H,22,23,24). The van der Waals surface area contributed by atoms with Crippen LogP contribution in [-0.4, -0.2) is 43.2 Å². The topological polar surface area (TPSA) is 101 Å². The van der Waals surface area contributed by atoms with E-state index in [2.05, 4.69) is 15.3 Å². The van der Waals surface area contributed by atoms with Gasteiger partial charge in [-0.3, -0.25) is 0 Å². The summed E-state index contributed by atoms with van der Waals surface area (Å²) in [5.41, 5.74) is 6.87. The number of nitrogens with zero attached hydrogens (tertiary/aromatic N) is 3. The van der Waals surface area contributed by atoms with Crippen LogP contribution in [0.1, 0.15) is 18.9 Å². The number of anilines is 3. The normalized spacial score (nSPS) is 16.4. The highest BCUT2D eigenvalue weighted by Gasteiger charge is 2.40.